The molecule has 13 heavy (non-hydrogen) atoms. The van der Waals surface area contributed by atoms with Gasteiger partial charge in [-0.05, 0) is 0 Å². The maximum atomic E-state index is 12.6. The molecule has 0 spiro atoms. The van der Waals surface area contributed by atoms with E-state index >= 15 is 0 Å². The van der Waals surface area contributed by atoms with Crippen molar-refractivity contribution in [2.24, 2.45) is 0 Å². The smallest absolute Gasteiger partial charge is 0.388 e. The lowest BCUT2D eigenvalue weighted by atomic mass is 10.4. The van der Waals surface area contributed by atoms with Crippen molar-refractivity contribution in [1.29, 1.82) is 0 Å². The molecule has 0 radical (unpaired) electrons. The Hall–Kier alpha value is -1.17. The number of alkyl halides is 2. The second kappa shape index (κ2) is 3.69. The summed E-state index contributed by atoms with van der Waals surface area (Å²) in [6, 6.07) is 0. The van der Waals surface area contributed by atoms with Crippen molar-refractivity contribution in [2.75, 3.05) is 5.73 Å². The van der Waals surface area contributed by atoms with Gasteiger partial charge < -0.3 is 10.5 Å². The molecule has 0 atom stereocenters. The standard InChI is InChI=1S/C6H4ClF3N2O/c7-3-2(8)1-12-5(4(3)11)13-6(9)10/h1,6H,11H2. The molecule has 0 amide bonds. The van der Waals surface area contributed by atoms with Gasteiger partial charge in [-0.15, -0.1) is 0 Å². The lowest BCUT2D eigenvalue weighted by Crippen LogP contribution is -2.07. The van der Waals surface area contributed by atoms with Gasteiger partial charge in [0.2, 0.25) is 5.88 Å². The number of aromatic nitrogens is 1. The normalized spacial score (nSPS) is 10.5. The first-order chi connectivity index (χ1) is 6.02. The average Bonchev–Trinajstić information content (AvgIpc) is 2.06. The Morgan fingerprint density at radius 3 is 2.69 bits per heavy atom. The summed E-state index contributed by atoms with van der Waals surface area (Å²) in [6.07, 6.45) is 0.649. The third-order valence-electron chi connectivity index (χ3n) is 1.17. The third kappa shape index (κ3) is 2.15. The molecule has 0 aliphatic rings. The summed E-state index contributed by atoms with van der Waals surface area (Å²) >= 11 is 5.30. The molecule has 72 valence electrons. The zero-order valence-corrected chi connectivity index (χ0v) is 6.86. The second-order valence-corrected chi connectivity index (χ2v) is 2.40. The molecule has 7 heteroatoms. The van der Waals surface area contributed by atoms with Crippen LogP contribution in [0, 0.1) is 5.82 Å². The van der Waals surface area contributed by atoms with E-state index < -0.39 is 29.0 Å². The van der Waals surface area contributed by atoms with Crippen molar-refractivity contribution in [2.45, 2.75) is 6.61 Å². The number of nitrogens with two attached hydrogens (primary N) is 1. The van der Waals surface area contributed by atoms with Crippen molar-refractivity contribution in [3.8, 4) is 5.88 Å². The molecule has 0 saturated heterocycles. The predicted molar refractivity (Wildman–Crippen MR) is 40.2 cm³/mol. The molecular weight excluding hydrogens is 209 g/mol. The van der Waals surface area contributed by atoms with E-state index in [2.05, 4.69) is 9.72 Å². The SMILES string of the molecule is Nc1c(OC(F)F)ncc(F)c1Cl. The van der Waals surface area contributed by atoms with Crippen LogP contribution in [-0.4, -0.2) is 11.6 Å². The fourth-order valence-electron chi connectivity index (χ4n) is 0.642. The molecule has 0 aromatic carbocycles. The van der Waals surface area contributed by atoms with Crippen LogP contribution in [0.2, 0.25) is 5.02 Å². The summed E-state index contributed by atoms with van der Waals surface area (Å²) in [5, 5.41) is -0.481. The van der Waals surface area contributed by atoms with Gasteiger partial charge in [-0.3, -0.25) is 0 Å². The van der Waals surface area contributed by atoms with E-state index in [-0.39, 0.29) is 0 Å². The highest BCUT2D eigenvalue weighted by molar-refractivity contribution is 6.33. The van der Waals surface area contributed by atoms with Crippen LogP contribution in [0.3, 0.4) is 0 Å². The number of hydrogen-bond donors (Lipinski definition) is 1. The van der Waals surface area contributed by atoms with Crippen molar-refractivity contribution in [3.63, 3.8) is 0 Å². The van der Waals surface area contributed by atoms with Crippen LogP contribution < -0.4 is 10.5 Å². The van der Waals surface area contributed by atoms with Gasteiger partial charge in [0, 0.05) is 0 Å². The molecule has 0 aliphatic heterocycles. The molecule has 0 fully saturated rings. The molecule has 1 aromatic rings. The first kappa shape index (κ1) is 9.91. The molecule has 0 unspecified atom stereocenters. The Bertz CT molecular complexity index is 321. The van der Waals surface area contributed by atoms with E-state index in [4.69, 9.17) is 17.3 Å². The van der Waals surface area contributed by atoms with Crippen molar-refractivity contribution in [1.82, 2.24) is 4.98 Å². The number of pyridine rings is 1. The zero-order chi connectivity index (χ0) is 10.0. The van der Waals surface area contributed by atoms with Gasteiger partial charge in [-0.1, -0.05) is 11.6 Å². The van der Waals surface area contributed by atoms with E-state index in [1.165, 1.54) is 0 Å². The Kier molecular flexibility index (Phi) is 2.82. The Morgan fingerprint density at radius 2 is 2.15 bits per heavy atom. The molecule has 3 nitrogen and oxygen atoms in total. The Labute approximate surface area is 76.3 Å². The van der Waals surface area contributed by atoms with Crippen LogP contribution in [-0.2, 0) is 0 Å². The van der Waals surface area contributed by atoms with Crippen molar-refractivity contribution < 1.29 is 17.9 Å². The molecule has 1 aromatic heterocycles. The minimum absolute atomic E-state index is 0.443. The lowest BCUT2D eigenvalue weighted by molar-refractivity contribution is -0.0523. The van der Waals surface area contributed by atoms with Gasteiger partial charge >= 0.3 is 6.61 Å². The van der Waals surface area contributed by atoms with Crippen LogP contribution in [0.1, 0.15) is 0 Å². The number of anilines is 1. The molecular formula is C6H4ClF3N2O. The van der Waals surface area contributed by atoms with Gasteiger partial charge in [0.15, 0.2) is 5.82 Å². The Balaban J connectivity index is 3.04. The second-order valence-electron chi connectivity index (χ2n) is 2.02. The number of rotatable bonds is 2. The van der Waals surface area contributed by atoms with Gasteiger partial charge in [-0.2, -0.15) is 8.78 Å². The van der Waals surface area contributed by atoms with E-state index in [9.17, 15) is 13.2 Å². The zero-order valence-electron chi connectivity index (χ0n) is 6.10. The largest absolute Gasteiger partial charge is 0.415 e. The predicted octanol–water partition coefficient (Wildman–Crippen LogP) is 2.06. The minimum atomic E-state index is -3.07. The summed E-state index contributed by atoms with van der Waals surface area (Å²) < 4.78 is 39.8. The number of nitrogen functional groups attached to an aromatic ring is 1. The van der Waals surface area contributed by atoms with E-state index in [0.717, 1.165) is 0 Å². The average molecular weight is 213 g/mol. The van der Waals surface area contributed by atoms with Crippen LogP contribution in [0.25, 0.3) is 0 Å². The van der Waals surface area contributed by atoms with Gasteiger partial charge in [0.05, 0.1) is 6.20 Å². The minimum Gasteiger partial charge on any atom is -0.415 e. The summed E-state index contributed by atoms with van der Waals surface area (Å²) in [5.41, 5.74) is 4.70. The monoisotopic (exact) mass is 212 g/mol. The first-order valence-electron chi connectivity index (χ1n) is 3.06. The summed E-state index contributed by atoms with van der Waals surface area (Å²) in [6.45, 7) is -3.07. The maximum absolute atomic E-state index is 12.6. The molecule has 2 N–H and O–H groups in total. The third-order valence-corrected chi connectivity index (χ3v) is 1.56. The fourth-order valence-corrected chi connectivity index (χ4v) is 0.772. The highest BCUT2D eigenvalue weighted by Gasteiger charge is 2.14. The topological polar surface area (TPSA) is 48.1 Å². The van der Waals surface area contributed by atoms with E-state index in [1.807, 2.05) is 0 Å². The van der Waals surface area contributed by atoms with Gasteiger partial charge in [-0.25, -0.2) is 9.37 Å². The van der Waals surface area contributed by atoms with Crippen LogP contribution in [0.4, 0.5) is 18.9 Å². The lowest BCUT2D eigenvalue weighted by Gasteiger charge is -2.07. The first-order valence-corrected chi connectivity index (χ1v) is 3.44. The maximum Gasteiger partial charge on any atom is 0.388 e. The van der Waals surface area contributed by atoms with Crippen LogP contribution in [0.15, 0.2) is 6.20 Å². The quantitative estimate of drug-likeness (QED) is 0.816. The molecule has 0 bridgehead atoms. The molecule has 0 aliphatic carbocycles. The highest BCUT2D eigenvalue weighted by Crippen LogP contribution is 2.29. The molecule has 1 heterocycles. The number of hydrogen-bond acceptors (Lipinski definition) is 3. The Morgan fingerprint density at radius 1 is 1.54 bits per heavy atom. The van der Waals surface area contributed by atoms with Crippen molar-refractivity contribution in [3.05, 3.63) is 17.0 Å². The number of ether oxygens (including phenoxy) is 1. The molecule has 1 rings (SSSR count). The molecule has 0 saturated carbocycles. The summed E-state index contributed by atoms with van der Waals surface area (Å²) in [7, 11) is 0. The number of nitrogens with zero attached hydrogens (tertiary/aromatic N) is 1. The van der Waals surface area contributed by atoms with Gasteiger partial charge in [0.25, 0.3) is 0 Å². The summed E-state index contributed by atoms with van der Waals surface area (Å²) in [4.78, 5) is 3.19. The van der Waals surface area contributed by atoms with Crippen molar-refractivity contribution >= 4 is 17.3 Å². The van der Waals surface area contributed by atoms with E-state index in [1.54, 1.807) is 0 Å². The van der Waals surface area contributed by atoms with E-state index in [0.29, 0.717) is 6.20 Å². The number of halogens is 4. The highest BCUT2D eigenvalue weighted by atomic mass is 35.5. The van der Waals surface area contributed by atoms with Crippen LogP contribution in [0.5, 0.6) is 5.88 Å². The van der Waals surface area contributed by atoms with Gasteiger partial charge in [0.1, 0.15) is 10.7 Å². The van der Waals surface area contributed by atoms with Crippen LogP contribution >= 0.6 is 11.6 Å². The summed E-state index contributed by atoms with van der Waals surface area (Å²) in [5.74, 6) is -1.47. The fraction of sp³-hybridized carbons (Fsp3) is 0.167.